The normalized spacial score (nSPS) is 11.1. The number of nitro benzene ring substituents is 1. The maximum Gasteiger partial charge on any atom is 0.306 e. The third-order valence-electron chi connectivity index (χ3n) is 2.78. The molecule has 8 heteroatoms. The summed E-state index contributed by atoms with van der Waals surface area (Å²) >= 11 is 0. The Morgan fingerprint density at radius 2 is 1.86 bits per heavy atom. The van der Waals surface area contributed by atoms with E-state index in [1.807, 2.05) is 0 Å². The number of nitrogens with zero attached hydrogens (tertiary/aromatic N) is 1. The molecule has 2 aromatic carbocycles. The molecule has 0 saturated heterocycles. The van der Waals surface area contributed by atoms with Crippen molar-refractivity contribution in [3.05, 3.63) is 64.0 Å². The fraction of sp³-hybridized carbons (Fsp3) is 0.0769. The first-order valence-electron chi connectivity index (χ1n) is 5.83. The smallest absolute Gasteiger partial charge is 0.279 e. The van der Waals surface area contributed by atoms with Crippen LogP contribution in [-0.4, -0.2) is 13.3 Å². The number of halogens is 1. The second-order valence-corrected chi connectivity index (χ2v) is 5.95. The molecule has 0 amide bonds. The fourth-order valence-corrected chi connectivity index (χ4v) is 3.08. The van der Waals surface area contributed by atoms with Gasteiger partial charge in [0.25, 0.3) is 10.0 Å². The highest BCUT2D eigenvalue weighted by Gasteiger charge is 2.19. The Morgan fingerprint density at radius 1 is 1.19 bits per heavy atom. The summed E-state index contributed by atoms with van der Waals surface area (Å²) in [5, 5.41) is 10.7. The van der Waals surface area contributed by atoms with Gasteiger partial charge in [0.1, 0.15) is 0 Å². The lowest BCUT2D eigenvalue weighted by Gasteiger charge is -2.10. The van der Waals surface area contributed by atoms with Gasteiger partial charge in [-0.25, -0.2) is 8.42 Å². The van der Waals surface area contributed by atoms with Gasteiger partial charge in [-0.2, -0.15) is 4.39 Å². The third-order valence-corrected chi connectivity index (χ3v) is 4.32. The van der Waals surface area contributed by atoms with E-state index >= 15 is 0 Å². The molecule has 2 aromatic rings. The minimum Gasteiger partial charge on any atom is -0.279 e. The van der Waals surface area contributed by atoms with Crippen LogP contribution in [0.1, 0.15) is 5.56 Å². The molecule has 0 heterocycles. The van der Waals surface area contributed by atoms with Gasteiger partial charge in [0.2, 0.25) is 5.82 Å². The van der Waals surface area contributed by atoms with Crippen molar-refractivity contribution >= 4 is 21.4 Å². The van der Waals surface area contributed by atoms with Crippen molar-refractivity contribution in [3.63, 3.8) is 0 Å². The molecule has 21 heavy (non-hydrogen) atoms. The molecular weight excluding hydrogens is 299 g/mol. The van der Waals surface area contributed by atoms with Crippen molar-refractivity contribution in [2.45, 2.75) is 11.8 Å². The number of rotatable bonds is 4. The average Bonchev–Trinajstić information content (AvgIpc) is 2.40. The van der Waals surface area contributed by atoms with Crippen molar-refractivity contribution < 1.29 is 17.7 Å². The van der Waals surface area contributed by atoms with Crippen molar-refractivity contribution in [2.24, 2.45) is 0 Å². The predicted molar refractivity (Wildman–Crippen MR) is 75.0 cm³/mol. The zero-order valence-corrected chi connectivity index (χ0v) is 11.7. The predicted octanol–water partition coefficient (Wildman–Crippen LogP) is 2.84. The molecule has 0 aliphatic carbocycles. The van der Waals surface area contributed by atoms with Gasteiger partial charge in [0.15, 0.2) is 0 Å². The Hall–Kier alpha value is -2.48. The number of nitro groups is 1. The minimum absolute atomic E-state index is 0.0528. The molecule has 0 spiro atoms. The number of sulfonamides is 1. The van der Waals surface area contributed by atoms with E-state index in [9.17, 15) is 22.9 Å². The van der Waals surface area contributed by atoms with E-state index in [1.165, 1.54) is 6.07 Å². The van der Waals surface area contributed by atoms with Crippen LogP contribution in [0.4, 0.5) is 15.8 Å². The van der Waals surface area contributed by atoms with Crippen molar-refractivity contribution in [3.8, 4) is 0 Å². The van der Waals surface area contributed by atoms with Crippen LogP contribution in [-0.2, 0) is 10.0 Å². The summed E-state index contributed by atoms with van der Waals surface area (Å²) in [4.78, 5) is 9.79. The van der Waals surface area contributed by atoms with Gasteiger partial charge >= 0.3 is 5.69 Å². The van der Waals surface area contributed by atoms with E-state index in [0.717, 1.165) is 18.2 Å². The van der Waals surface area contributed by atoms with Gasteiger partial charge in [0, 0.05) is 6.07 Å². The third kappa shape index (κ3) is 3.16. The molecule has 0 fully saturated rings. The first kappa shape index (κ1) is 14.9. The number of aryl methyl sites for hydroxylation is 1. The van der Waals surface area contributed by atoms with Crippen LogP contribution in [0.25, 0.3) is 0 Å². The summed E-state index contributed by atoms with van der Waals surface area (Å²) in [6.45, 7) is 1.63. The molecule has 0 atom stereocenters. The maximum atomic E-state index is 13.2. The van der Waals surface area contributed by atoms with Crippen LogP contribution in [0.5, 0.6) is 0 Å². The van der Waals surface area contributed by atoms with Gasteiger partial charge in [-0.15, -0.1) is 0 Å². The first-order valence-corrected chi connectivity index (χ1v) is 7.32. The number of hydrogen-bond acceptors (Lipinski definition) is 4. The maximum absolute atomic E-state index is 13.2. The summed E-state index contributed by atoms with van der Waals surface area (Å²) in [6.07, 6.45) is 0. The Labute approximate surface area is 120 Å². The molecule has 0 aliphatic heterocycles. The first-order chi connectivity index (χ1) is 9.81. The molecule has 0 aliphatic rings. The zero-order chi connectivity index (χ0) is 15.6. The molecule has 0 unspecified atom stereocenters. The molecule has 0 aromatic heterocycles. The van der Waals surface area contributed by atoms with Crippen molar-refractivity contribution in [2.75, 3.05) is 4.72 Å². The Balaban J connectivity index is 2.40. The van der Waals surface area contributed by atoms with E-state index in [2.05, 4.69) is 4.72 Å². The molecule has 0 saturated carbocycles. The van der Waals surface area contributed by atoms with Crippen LogP contribution >= 0.6 is 0 Å². The Kier molecular flexibility index (Phi) is 3.90. The minimum atomic E-state index is -3.89. The topological polar surface area (TPSA) is 89.3 Å². The summed E-state index contributed by atoms with van der Waals surface area (Å²) in [6, 6.07) is 9.10. The quantitative estimate of drug-likeness (QED) is 0.694. The van der Waals surface area contributed by atoms with Crippen LogP contribution in [0, 0.1) is 22.9 Å². The monoisotopic (exact) mass is 310 g/mol. The lowest BCUT2D eigenvalue weighted by atomic mass is 10.2. The van der Waals surface area contributed by atoms with Gasteiger partial charge in [0.05, 0.1) is 15.5 Å². The number of nitrogens with one attached hydrogen (secondary N) is 1. The standard InChI is InChI=1S/C13H11FN2O4S/c1-9-4-2-3-5-13(9)21(19,20)15-10-6-7-11(14)12(8-10)16(17)18/h2-8,15H,1H3. The largest absolute Gasteiger partial charge is 0.306 e. The fourth-order valence-electron chi connectivity index (χ4n) is 1.78. The summed E-state index contributed by atoms with van der Waals surface area (Å²) < 4.78 is 39.8. The number of benzene rings is 2. The molecular formula is C13H11FN2O4S. The number of hydrogen-bond donors (Lipinski definition) is 1. The molecule has 1 N–H and O–H groups in total. The Morgan fingerprint density at radius 3 is 2.48 bits per heavy atom. The van der Waals surface area contributed by atoms with E-state index in [0.29, 0.717) is 5.56 Å². The summed E-state index contributed by atoms with van der Waals surface area (Å²) in [5.41, 5.74) is -0.340. The summed E-state index contributed by atoms with van der Waals surface area (Å²) in [5.74, 6) is -1.03. The second kappa shape index (κ2) is 5.49. The van der Waals surface area contributed by atoms with Crippen molar-refractivity contribution in [1.29, 1.82) is 0 Å². The number of anilines is 1. The van der Waals surface area contributed by atoms with Crippen LogP contribution in [0.2, 0.25) is 0 Å². The second-order valence-electron chi connectivity index (χ2n) is 4.29. The molecule has 0 bridgehead atoms. The van der Waals surface area contributed by atoms with E-state index in [-0.39, 0.29) is 10.6 Å². The van der Waals surface area contributed by atoms with Gasteiger partial charge in [-0.1, -0.05) is 18.2 Å². The molecule has 2 rings (SSSR count). The lowest BCUT2D eigenvalue weighted by Crippen LogP contribution is -2.14. The SMILES string of the molecule is Cc1ccccc1S(=O)(=O)Nc1ccc(F)c([N+](=O)[O-])c1. The van der Waals surface area contributed by atoms with Crippen molar-refractivity contribution in [1.82, 2.24) is 0 Å². The van der Waals surface area contributed by atoms with Crippen LogP contribution in [0.3, 0.4) is 0 Å². The van der Waals surface area contributed by atoms with E-state index in [1.54, 1.807) is 25.1 Å². The average molecular weight is 310 g/mol. The van der Waals surface area contributed by atoms with Crippen LogP contribution in [0.15, 0.2) is 47.4 Å². The Bertz CT molecular complexity index is 806. The molecule has 0 radical (unpaired) electrons. The van der Waals surface area contributed by atoms with Gasteiger partial charge < -0.3 is 0 Å². The van der Waals surface area contributed by atoms with Gasteiger partial charge in [-0.05, 0) is 30.7 Å². The van der Waals surface area contributed by atoms with E-state index in [4.69, 9.17) is 0 Å². The highest BCUT2D eigenvalue weighted by atomic mass is 32.2. The zero-order valence-electron chi connectivity index (χ0n) is 10.9. The molecule has 6 nitrogen and oxygen atoms in total. The highest BCUT2D eigenvalue weighted by Crippen LogP contribution is 2.24. The summed E-state index contributed by atoms with van der Waals surface area (Å²) in [7, 11) is -3.89. The highest BCUT2D eigenvalue weighted by molar-refractivity contribution is 7.92. The molecule has 110 valence electrons. The van der Waals surface area contributed by atoms with Crippen LogP contribution < -0.4 is 4.72 Å². The van der Waals surface area contributed by atoms with E-state index < -0.39 is 26.5 Å². The van der Waals surface area contributed by atoms with Gasteiger partial charge in [-0.3, -0.25) is 14.8 Å². The lowest BCUT2D eigenvalue weighted by molar-refractivity contribution is -0.387.